The van der Waals surface area contributed by atoms with E-state index in [4.69, 9.17) is 0 Å². The Labute approximate surface area is 191 Å². The summed E-state index contributed by atoms with van der Waals surface area (Å²) >= 11 is 0. The molecular formula is C30H20N2O. The van der Waals surface area contributed by atoms with Gasteiger partial charge in [-0.2, -0.15) is 0 Å². The molecule has 0 unspecified atom stereocenters. The van der Waals surface area contributed by atoms with Crippen LogP contribution in [0.2, 0.25) is 0 Å². The van der Waals surface area contributed by atoms with E-state index >= 15 is 0 Å². The van der Waals surface area contributed by atoms with Crippen molar-refractivity contribution < 1.29 is 5.11 Å². The average Bonchev–Trinajstić information content (AvgIpc) is 2.88. The summed E-state index contributed by atoms with van der Waals surface area (Å²) in [5, 5.41) is 16.0. The Morgan fingerprint density at radius 1 is 0.485 bits per heavy atom. The van der Waals surface area contributed by atoms with Crippen molar-refractivity contribution in [3.05, 3.63) is 116 Å². The molecule has 156 valence electrons. The van der Waals surface area contributed by atoms with Crippen LogP contribution in [0.1, 0.15) is 0 Å². The second-order valence-corrected chi connectivity index (χ2v) is 8.08. The van der Waals surface area contributed by atoms with Gasteiger partial charge < -0.3 is 5.11 Å². The van der Waals surface area contributed by atoms with Crippen LogP contribution in [0.5, 0.6) is 5.75 Å². The van der Waals surface area contributed by atoms with Crippen LogP contribution < -0.4 is 0 Å². The van der Waals surface area contributed by atoms with Crippen LogP contribution >= 0.6 is 0 Å². The van der Waals surface area contributed by atoms with Crippen LogP contribution in [0.3, 0.4) is 0 Å². The first kappa shape index (κ1) is 19.2. The number of phenols is 1. The van der Waals surface area contributed by atoms with Crippen molar-refractivity contribution >= 4 is 21.5 Å². The summed E-state index contributed by atoms with van der Waals surface area (Å²) in [7, 11) is 0. The van der Waals surface area contributed by atoms with E-state index in [1.54, 1.807) is 12.4 Å². The van der Waals surface area contributed by atoms with E-state index in [9.17, 15) is 5.11 Å². The zero-order valence-electron chi connectivity index (χ0n) is 17.8. The maximum Gasteiger partial charge on any atom is 0.134 e. The summed E-state index contributed by atoms with van der Waals surface area (Å²) in [5.74, 6) is 0.182. The number of fused-ring (bicyclic) bond motifs is 2. The number of phenolic OH excluding ortho intramolecular Hbond substituents is 1. The van der Waals surface area contributed by atoms with E-state index in [-0.39, 0.29) is 5.75 Å². The zero-order chi connectivity index (χ0) is 22.2. The summed E-state index contributed by atoms with van der Waals surface area (Å²) in [5.41, 5.74) is 4.93. The zero-order valence-corrected chi connectivity index (χ0v) is 17.8. The highest BCUT2D eigenvalue weighted by Crippen LogP contribution is 2.42. The second-order valence-electron chi connectivity index (χ2n) is 8.08. The highest BCUT2D eigenvalue weighted by Gasteiger charge is 2.17. The summed E-state index contributed by atoms with van der Waals surface area (Å²) < 4.78 is 0. The molecule has 0 aliphatic rings. The first-order valence-corrected chi connectivity index (χ1v) is 10.9. The molecule has 0 saturated heterocycles. The molecule has 1 N–H and O–H groups in total. The van der Waals surface area contributed by atoms with Crippen LogP contribution in [0.4, 0.5) is 0 Å². The van der Waals surface area contributed by atoms with Crippen molar-refractivity contribution in [1.29, 1.82) is 0 Å². The van der Waals surface area contributed by atoms with Gasteiger partial charge in [-0.1, -0.05) is 54.6 Å². The topological polar surface area (TPSA) is 46.0 Å². The normalized spacial score (nSPS) is 11.2. The lowest BCUT2D eigenvalue weighted by Crippen LogP contribution is -1.91. The van der Waals surface area contributed by atoms with Gasteiger partial charge in [-0.05, 0) is 81.2 Å². The monoisotopic (exact) mass is 424 g/mol. The molecule has 0 bridgehead atoms. The van der Waals surface area contributed by atoms with Crippen molar-refractivity contribution in [2.75, 3.05) is 0 Å². The molecule has 3 heteroatoms. The molecule has 0 spiro atoms. The third-order valence-corrected chi connectivity index (χ3v) is 6.05. The quantitative estimate of drug-likeness (QED) is 0.299. The fraction of sp³-hybridized carbons (Fsp3) is 0. The van der Waals surface area contributed by atoms with Gasteiger partial charge in [-0.3, -0.25) is 9.97 Å². The minimum atomic E-state index is 0.182. The Kier molecular flexibility index (Phi) is 4.59. The number of rotatable bonds is 3. The molecule has 0 saturated carbocycles. The molecule has 0 amide bonds. The van der Waals surface area contributed by atoms with Gasteiger partial charge in [0.25, 0.3) is 0 Å². The highest BCUT2D eigenvalue weighted by molar-refractivity contribution is 6.05. The predicted molar refractivity (Wildman–Crippen MR) is 135 cm³/mol. The first-order valence-electron chi connectivity index (χ1n) is 10.9. The van der Waals surface area contributed by atoms with E-state index in [0.29, 0.717) is 11.1 Å². The number of benzene rings is 4. The van der Waals surface area contributed by atoms with Gasteiger partial charge in [0.05, 0.1) is 11.4 Å². The Morgan fingerprint density at radius 2 is 1.06 bits per heavy atom. The largest absolute Gasteiger partial charge is 0.507 e. The van der Waals surface area contributed by atoms with Crippen LogP contribution in [0, 0.1) is 0 Å². The molecule has 0 aliphatic heterocycles. The molecule has 0 radical (unpaired) electrons. The highest BCUT2D eigenvalue weighted by atomic mass is 16.3. The van der Waals surface area contributed by atoms with Crippen molar-refractivity contribution in [3.63, 3.8) is 0 Å². The standard InChI is InChI=1S/C30H20N2O/c33-30-26(28-12-3-5-14-31-28)18-23(19-27(30)29-13-4-6-15-32-29)24-11-7-10-22-16-20-8-1-2-9-21(20)17-25(22)24/h1-19,33H. The van der Waals surface area contributed by atoms with Gasteiger partial charge in [0.15, 0.2) is 0 Å². The van der Waals surface area contributed by atoms with Gasteiger partial charge in [0.1, 0.15) is 5.75 Å². The molecule has 33 heavy (non-hydrogen) atoms. The number of nitrogens with zero attached hydrogens (tertiary/aromatic N) is 2. The third-order valence-electron chi connectivity index (χ3n) is 6.05. The molecule has 0 atom stereocenters. The SMILES string of the molecule is Oc1c(-c2ccccn2)cc(-c2cccc3cc4ccccc4cc23)cc1-c1ccccn1. The van der Waals surface area contributed by atoms with Crippen molar-refractivity contribution in [1.82, 2.24) is 9.97 Å². The van der Waals surface area contributed by atoms with Crippen LogP contribution in [0.25, 0.3) is 55.2 Å². The van der Waals surface area contributed by atoms with E-state index in [1.165, 1.54) is 21.5 Å². The van der Waals surface area contributed by atoms with Gasteiger partial charge in [0, 0.05) is 23.5 Å². The number of hydrogen-bond acceptors (Lipinski definition) is 3. The van der Waals surface area contributed by atoms with Crippen LogP contribution in [-0.2, 0) is 0 Å². The van der Waals surface area contributed by atoms with Gasteiger partial charge in [-0.15, -0.1) is 0 Å². The Hall–Kier alpha value is -4.50. The summed E-state index contributed by atoms with van der Waals surface area (Å²) in [6, 6.07) is 34.7. The van der Waals surface area contributed by atoms with Crippen molar-refractivity contribution in [3.8, 4) is 39.4 Å². The lowest BCUT2D eigenvalue weighted by atomic mass is 9.91. The maximum absolute atomic E-state index is 11.2. The van der Waals surface area contributed by atoms with E-state index < -0.39 is 0 Å². The lowest BCUT2D eigenvalue weighted by molar-refractivity contribution is 0.479. The van der Waals surface area contributed by atoms with Gasteiger partial charge in [0.2, 0.25) is 0 Å². The smallest absolute Gasteiger partial charge is 0.134 e. The summed E-state index contributed by atoms with van der Waals surface area (Å²) in [6.45, 7) is 0. The fourth-order valence-electron chi connectivity index (χ4n) is 4.44. The second kappa shape index (κ2) is 7.88. The fourth-order valence-corrected chi connectivity index (χ4v) is 4.44. The van der Waals surface area contributed by atoms with Crippen molar-refractivity contribution in [2.45, 2.75) is 0 Å². The Morgan fingerprint density at radius 3 is 1.67 bits per heavy atom. The molecule has 2 heterocycles. The lowest BCUT2D eigenvalue weighted by Gasteiger charge is -2.15. The molecule has 4 aromatic carbocycles. The molecular weight excluding hydrogens is 404 g/mol. The first-order chi connectivity index (χ1) is 16.3. The predicted octanol–water partition coefficient (Wildman–Crippen LogP) is 7.49. The number of pyridine rings is 2. The molecule has 6 rings (SSSR count). The number of hydrogen-bond donors (Lipinski definition) is 1. The van der Waals surface area contributed by atoms with Crippen LogP contribution in [-0.4, -0.2) is 15.1 Å². The van der Waals surface area contributed by atoms with E-state index in [2.05, 4.69) is 64.6 Å². The Bertz CT molecular complexity index is 1550. The Balaban J connectivity index is 1.66. The minimum Gasteiger partial charge on any atom is -0.507 e. The van der Waals surface area contributed by atoms with Gasteiger partial charge >= 0.3 is 0 Å². The van der Waals surface area contributed by atoms with Crippen LogP contribution in [0.15, 0.2) is 116 Å². The molecule has 3 nitrogen and oxygen atoms in total. The van der Waals surface area contributed by atoms with E-state index in [1.807, 2.05) is 48.5 Å². The third kappa shape index (κ3) is 3.40. The summed E-state index contributed by atoms with van der Waals surface area (Å²) in [4.78, 5) is 9.00. The minimum absolute atomic E-state index is 0.182. The molecule has 6 aromatic rings. The van der Waals surface area contributed by atoms with E-state index in [0.717, 1.165) is 22.5 Å². The van der Waals surface area contributed by atoms with Gasteiger partial charge in [-0.25, -0.2) is 0 Å². The number of aromatic hydroxyl groups is 1. The van der Waals surface area contributed by atoms with Crippen molar-refractivity contribution in [2.24, 2.45) is 0 Å². The average molecular weight is 425 g/mol. The summed E-state index contributed by atoms with van der Waals surface area (Å²) in [6.07, 6.45) is 3.48. The molecule has 0 aliphatic carbocycles. The maximum atomic E-state index is 11.2. The molecule has 2 aromatic heterocycles. The number of aromatic nitrogens is 2. The molecule has 0 fully saturated rings.